The van der Waals surface area contributed by atoms with Crippen LogP contribution in [0.3, 0.4) is 0 Å². The first-order valence-electron chi connectivity index (χ1n) is 6.93. The van der Waals surface area contributed by atoms with Gasteiger partial charge in [-0.3, -0.25) is 4.99 Å². The zero-order valence-corrected chi connectivity index (χ0v) is 11.5. The van der Waals surface area contributed by atoms with Crippen LogP contribution in [0.1, 0.15) is 42.2 Å². The standard InChI is InChI=1S/C14H17N3S/c1-2-11-16-14-12(13-15-7-8-17(11)13)9-5-3-4-6-10(9)18-14/h2-8H2,1H3. The smallest absolute Gasteiger partial charge is 0.139 e. The Balaban J connectivity index is 1.94. The van der Waals surface area contributed by atoms with Gasteiger partial charge in [-0.2, -0.15) is 0 Å². The van der Waals surface area contributed by atoms with E-state index in [0.717, 1.165) is 19.5 Å². The van der Waals surface area contributed by atoms with Crippen molar-refractivity contribution in [3.05, 3.63) is 16.0 Å². The van der Waals surface area contributed by atoms with Gasteiger partial charge in [0.2, 0.25) is 0 Å². The quantitative estimate of drug-likeness (QED) is 0.761. The highest BCUT2D eigenvalue weighted by molar-refractivity contribution is 7.16. The highest BCUT2D eigenvalue weighted by Gasteiger charge is 2.33. The normalized spacial score (nSPS) is 21.1. The number of aryl methyl sites for hydroxylation is 1. The van der Waals surface area contributed by atoms with Crippen LogP contribution in [0.15, 0.2) is 9.98 Å². The number of hydrogen-bond donors (Lipinski definition) is 0. The number of thiophene rings is 1. The number of amidine groups is 2. The molecule has 3 heterocycles. The van der Waals surface area contributed by atoms with Crippen molar-refractivity contribution in [1.82, 2.24) is 4.90 Å². The van der Waals surface area contributed by atoms with Crippen LogP contribution < -0.4 is 0 Å². The van der Waals surface area contributed by atoms with Crippen LogP contribution in [0.25, 0.3) is 0 Å². The van der Waals surface area contributed by atoms with Crippen LogP contribution in [0.4, 0.5) is 5.00 Å². The molecule has 2 aliphatic heterocycles. The van der Waals surface area contributed by atoms with Crippen molar-refractivity contribution in [3.63, 3.8) is 0 Å². The second-order valence-electron chi connectivity index (χ2n) is 5.13. The maximum absolute atomic E-state index is 4.89. The van der Waals surface area contributed by atoms with Crippen LogP contribution in [-0.2, 0) is 12.8 Å². The lowest BCUT2D eigenvalue weighted by Crippen LogP contribution is -2.36. The lowest BCUT2D eigenvalue weighted by atomic mass is 9.94. The second kappa shape index (κ2) is 3.92. The first-order chi connectivity index (χ1) is 8.88. The fourth-order valence-corrected chi connectivity index (χ4v) is 4.50. The summed E-state index contributed by atoms with van der Waals surface area (Å²) in [7, 11) is 0. The van der Waals surface area contributed by atoms with E-state index in [2.05, 4.69) is 11.8 Å². The van der Waals surface area contributed by atoms with E-state index in [0.29, 0.717) is 0 Å². The number of rotatable bonds is 1. The lowest BCUT2D eigenvalue weighted by Gasteiger charge is -2.26. The van der Waals surface area contributed by atoms with Crippen LogP contribution in [-0.4, -0.2) is 29.7 Å². The molecule has 0 aromatic carbocycles. The maximum Gasteiger partial charge on any atom is 0.139 e. The fraction of sp³-hybridized carbons (Fsp3) is 0.571. The van der Waals surface area contributed by atoms with Gasteiger partial charge in [0.05, 0.1) is 12.1 Å². The third-order valence-electron chi connectivity index (χ3n) is 4.08. The summed E-state index contributed by atoms with van der Waals surface area (Å²) in [5.74, 6) is 2.42. The molecule has 4 heteroatoms. The average Bonchev–Trinajstić information content (AvgIpc) is 3.00. The van der Waals surface area contributed by atoms with Gasteiger partial charge < -0.3 is 4.90 Å². The Morgan fingerprint density at radius 2 is 2.17 bits per heavy atom. The Hall–Kier alpha value is -1.16. The van der Waals surface area contributed by atoms with E-state index in [-0.39, 0.29) is 0 Å². The predicted octanol–water partition coefficient (Wildman–Crippen LogP) is 3.14. The van der Waals surface area contributed by atoms with Gasteiger partial charge in [0.1, 0.15) is 16.7 Å². The van der Waals surface area contributed by atoms with Crippen LogP contribution in [0, 0.1) is 0 Å². The molecule has 1 aromatic rings. The van der Waals surface area contributed by atoms with Gasteiger partial charge in [-0.1, -0.05) is 6.92 Å². The molecule has 0 atom stereocenters. The zero-order valence-electron chi connectivity index (χ0n) is 10.7. The van der Waals surface area contributed by atoms with E-state index in [1.807, 2.05) is 11.3 Å². The van der Waals surface area contributed by atoms with Gasteiger partial charge in [-0.15, -0.1) is 11.3 Å². The van der Waals surface area contributed by atoms with E-state index in [9.17, 15) is 0 Å². The minimum Gasteiger partial charge on any atom is -0.312 e. The van der Waals surface area contributed by atoms with Crippen molar-refractivity contribution >= 4 is 28.0 Å². The zero-order chi connectivity index (χ0) is 12.1. The van der Waals surface area contributed by atoms with Crippen molar-refractivity contribution < 1.29 is 0 Å². The van der Waals surface area contributed by atoms with E-state index >= 15 is 0 Å². The summed E-state index contributed by atoms with van der Waals surface area (Å²) in [6.07, 6.45) is 6.14. The highest BCUT2D eigenvalue weighted by Crippen LogP contribution is 2.43. The molecule has 3 aliphatic rings. The molecular weight excluding hydrogens is 242 g/mol. The van der Waals surface area contributed by atoms with E-state index < -0.39 is 0 Å². The van der Waals surface area contributed by atoms with Gasteiger partial charge in [0.25, 0.3) is 0 Å². The van der Waals surface area contributed by atoms with Gasteiger partial charge in [0.15, 0.2) is 0 Å². The number of aliphatic imine (C=N–C) groups is 2. The molecule has 94 valence electrons. The summed E-state index contributed by atoms with van der Waals surface area (Å²) < 4.78 is 0. The van der Waals surface area contributed by atoms with Gasteiger partial charge in [-0.05, 0) is 31.2 Å². The molecule has 1 aromatic heterocycles. The van der Waals surface area contributed by atoms with Crippen molar-refractivity contribution in [2.45, 2.75) is 39.0 Å². The summed E-state index contributed by atoms with van der Waals surface area (Å²) >= 11 is 1.91. The average molecular weight is 259 g/mol. The van der Waals surface area contributed by atoms with E-state index in [1.165, 1.54) is 47.9 Å². The number of nitrogens with zero attached hydrogens (tertiary/aromatic N) is 3. The van der Waals surface area contributed by atoms with Gasteiger partial charge in [0, 0.05) is 17.8 Å². The van der Waals surface area contributed by atoms with Crippen molar-refractivity contribution in [3.8, 4) is 0 Å². The van der Waals surface area contributed by atoms with Crippen LogP contribution in [0.5, 0.6) is 0 Å². The molecule has 0 radical (unpaired) electrons. The summed E-state index contributed by atoms with van der Waals surface area (Å²) in [6.45, 7) is 4.14. The molecule has 0 saturated heterocycles. The molecule has 0 amide bonds. The summed E-state index contributed by atoms with van der Waals surface area (Å²) in [6, 6.07) is 0. The lowest BCUT2D eigenvalue weighted by molar-refractivity contribution is 0.644. The van der Waals surface area contributed by atoms with E-state index in [1.54, 1.807) is 10.4 Å². The third kappa shape index (κ3) is 1.35. The molecule has 0 saturated carbocycles. The molecule has 0 spiro atoms. The van der Waals surface area contributed by atoms with Crippen LogP contribution >= 0.6 is 11.3 Å². The molecule has 0 fully saturated rings. The molecule has 3 nitrogen and oxygen atoms in total. The van der Waals surface area contributed by atoms with Crippen molar-refractivity contribution in [1.29, 1.82) is 0 Å². The van der Waals surface area contributed by atoms with Crippen LogP contribution in [0.2, 0.25) is 0 Å². The summed E-state index contributed by atoms with van der Waals surface area (Å²) in [5.41, 5.74) is 2.94. The molecule has 0 N–H and O–H groups in total. The maximum atomic E-state index is 4.89. The Morgan fingerprint density at radius 1 is 1.28 bits per heavy atom. The van der Waals surface area contributed by atoms with Gasteiger partial charge >= 0.3 is 0 Å². The van der Waals surface area contributed by atoms with Crippen molar-refractivity contribution in [2.75, 3.05) is 13.1 Å². The first kappa shape index (κ1) is 10.7. The number of hydrogen-bond acceptors (Lipinski definition) is 4. The Kier molecular flexibility index (Phi) is 2.34. The third-order valence-corrected chi connectivity index (χ3v) is 5.26. The number of fused-ring (bicyclic) bond motifs is 5. The van der Waals surface area contributed by atoms with Crippen molar-refractivity contribution in [2.24, 2.45) is 9.98 Å². The fourth-order valence-electron chi connectivity index (χ4n) is 3.22. The summed E-state index contributed by atoms with van der Waals surface area (Å²) in [5, 5.41) is 1.23. The SMILES string of the molecule is CCC1=Nc2sc3c(c2C2=NCCN12)CCCC3. The molecule has 1 aliphatic carbocycles. The monoisotopic (exact) mass is 259 g/mol. The summed E-state index contributed by atoms with van der Waals surface area (Å²) in [4.78, 5) is 13.5. The Labute approximate surface area is 111 Å². The van der Waals surface area contributed by atoms with Gasteiger partial charge in [-0.25, -0.2) is 4.99 Å². The predicted molar refractivity (Wildman–Crippen MR) is 76.5 cm³/mol. The minimum atomic E-state index is 0.929. The molecule has 18 heavy (non-hydrogen) atoms. The second-order valence-corrected chi connectivity index (χ2v) is 6.21. The van der Waals surface area contributed by atoms with E-state index in [4.69, 9.17) is 9.98 Å². The first-order valence-corrected chi connectivity index (χ1v) is 7.74. The Morgan fingerprint density at radius 3 is 3.06 bits per heavy atom. The highest BCUT2D eigenvalue weighted by atomic mass is 32.1. The topological polar surface area (TPSA) is 28.0 Å². The Bertz CT molecular complexity index is 568. The largest absolute Gasteiger partial charge is 0.312 e. The molecule has 0 unspecified atom stereocenters. The molecule has 4 rings (SSSR count). The molecular formula is C14H17N3S. The minimum absolute atomic E-state index is 0.929. The molecule has 0 bridgehead atoms.